The molecule has 0 bridgehead atoms. The highest BCUT2D eigenvalue weighted by Gasteiger charge is 2.31. The van der Waals surface area contributed by atoms with Crippen molar-refractivity contribution in [2.75, 3.05) is 26.2 Å². The summed E-state index contributed by atoms with van der Waals surface area (Å²) in [4.78, 5) is 13.5. The molecule has 2 saturated heterocycles. The largest absolute Gasteiger partial charge is 0.342 e. The monoisotopic (exact) mass is 186 g/mol. The smallest absolute Gasteiger partial charge is 0.228 e. The van der Waals surface area contributed by atoms with Crippen molar-refractivity contribution >= 4 is 5.91 Å². The summed E-state index contributed by atoms with van der Waals surface area (Å²) in [6.07, 6.45) is 0.348. The van der Waals surface area contributed by atoms with Gasteiger partial charge in [-0.1, -0.05) is 0 Å². The third-order valence-electron chi connectivity index (χ3n) is 2.87. The fourth-order valence-corrected chi connectivity index (χ4v) is 1.79. The third kappa shape index (κ3) is 1.82. The van der Waals surface area contributed by atoms with Gasteiger partial charge in [0.1, 0.15) is 6.17 Å². The molecule has 0 aliphatic carbocycles. The van der Waals surface area contributed by atoms with Gasteiger partial charge in [0.15, 0.2) is 0 Å². The number of amides is 1. The number of rotatable bonds is 1. The van der Waals surface area contributed by atoms with Crippen LogP contribution in [-0.4, -0.2) is 43.2 Å². The fraction of sp³-hybridized carbons (Fsp3) is 0.889. The number of carbonyl (C=O) groups is 1. The van der Waals surface area contributed by atoms with E-state index < -0.39 is 6.17 Å². The molecule has 2 rings (SSSR count). The Balaban J connectivity index is 1.83. The van der Waals surface area contributed by atoms with Crippen molar-refractivity contribution in [2.24, 2.45) is 5.92 Å². The number of hydrogen-bond acceptors (Lipinski definition) is 2. The predicted octanol–water partition coefficient (Wildman–Crippen LogP) is 0.166. The Bertz CT molecular complexity index is 198. The molecule has 2 aliphatic heterocycles. The van der Waals surface area contributed by atoms with Crippen molar-refractivity contribution in [1.82, 2.24) is 10.2 Å². The maximum atomic E-state index is 12.8. The Morgan fingerprint density at radius 2 is 1.92 bits per heavy atom. The maximum Gasteiger partial charge on any atom is 0.228 e. The van der Waals surface area contributed by atoms with Crippen LogP contribution >= 0.6 is 0 Å². The van der Waals surface area contributed by atoms with E-state index in [1.165, 1.54) is 0 Å². The minimum absolute atomic E-state index is 0.163. The van der Waals surface area contributed by atoms with Crippen molar-refractivity contribution in [3.63, 3.8) is 0 Å². The van der Waals surface area contributed by atoms with E-state index in [9.17, 15) is 9.18 Å². The van der Waals surface area contributed by atoms with Gasteiger partial charge in [-0.05, 0) is 12.8 Å². The van der Waals surface area contributed by atoms with Gasteiger partial charge in [-0.15, -0.1) is 0 Å². The molecular weight excluding hydrogens is 171 g/mol. The van der Waals surface area contributed by atoms with E-state index in [-0.39, 0.29) is 11.8 Å². The number of likely N-dealkylation sites (tertiary alicyclic amines) is 1. The first-order chi connectivity index (χ1) is 6.27. The molecule has 0 saturated carbocycles. The van der Waals surface area contributed by atoms with Gasteiger partial charge in [-0.3, -0.25) is 4.79 Å². The van der Waals surface area contributed by atoms with Gasteiger partial charge in [0, 0.05) is 26.2 Å². The fourth-order valence-electron chi connectivity index (χ4n) is 1.79. The summed E-state index contributed by atoms with van der Waals surface area (Å²) in [5.74, 6) is 0.377. The number of hydrogen-bond donors (Lipinski definition) is 1. The topological polar surface area (TPSA) is 32.3 Å². The molecule has 0 aromatic heterocycles. The Morgan fingerprint density at radius 3 is 2.38 bits per heavy atom. The molecule has 2 heterocycles. The average Bonchev–Trinajstić information content (AvgIpc) is 2.02. The summed E-state index contributed by atoms with van der Waals surface area (Å²) in [7, 11) is 0. The van der Waals surface area contributed by atoms with E-state index in [1.54, 1.807) is 0 Å². The quantitative estimate of drug-likeness (QED) is 0.633. The molecule has 1 amide bonds. The number of carbonyl (C=O) groups excluding carboxylic acids is 1. The van der Waals surface area contributed by atoms with Gasteiger partial charge in [0.25, 0.3) is 0 Å². The van der Waals surface area contributed by atoms with Gasteiger partial charge in [0.2, 0.25) is 5.91 Å². The minimum atomic E-state index is -0.691. The lowest BCUT2D eigenvalue weighted by Crippen LogP contribution is -2.53. The minimum Gasteiger partial charge on any atom is -0.342 e. The Labute approximate surface area is 77.3 Å². The van der Waals surface area contributed by atoms with Crippen molar-refractivity contribution in [3.8, 4) is 0 Å². The molecule has 0 radical (unpaired) electrons. The molecule has 74 valence electrons. The summed E-state index contributed by atoms with van der Waals surface area (Å²) in [6.45, 7) is 2.82. The van der Waals surface area contributed by atoms with Crippen LogP contribution < -0.4 is 5.32 Å². The zero-order valence-corrected chi connectivity index (χ0v) is 7.63. The number of halogens is 1. The van der Waals surface area contributed by atoms with E-state index >= 15 is 0 Å². The Kier molecular flexibility index (Phi) is 2.49. The first kappa shape index (κ1) is 8.94. The molecule has 0 unspecified atom stereocenters. The third-order valence-corrected chi connectivity index (χ3v) is 2.87. The van der Waals surface area contributed by atoms with Crippen molar-refractivity contribution < 1.29 is 9.18 Å². The number of nitrogens with one attached hydrogen (secondary N) is 1. The molecule has 1 N–H and O–H groups in total. The summed E-state index contributed by atoms with van der Waals surface area (Å²) < 4.78 is 12.8. The van der Waals surface area contributed by atoms with Gasteiger partial charge in [-0.2, -0.15) is 0 Å². The molecule has 13 heavy (non-hydrogen) atoms. The SMILES string of the molecule is O=C(C1CNC1)N1CCC(F)CC1. The van der Waals surface area contributed by atoms with Crippen LogP contribution in [0.2, 0.25) is 0 Å². The lowest BCUT2D eigenvalue weighted by molar-refractivity contribution is -0.138. The van der Waals surface area contributed by atoms with E-state index in [2.05, 4.69) is 5.32 Å². The predicted molar refractivity (Wildman–Crippen MR) is 47.1 cm³/mol. The average molecular weight is 186 g/mol. The standard InChI is InChI=1S/C9H15FN2O/c10-8-1-3-12(4-2-8)9(13)7-5-11-6-7/h7-8,11H,1-6H2. The van der Waals surface area contributed by atoms with E-state index in [1.807, 2.05) is 4.90 Å². The highest BCUT2D eigenvalue weighted by molar-refractivity contribution is 5.80. The zero-order valence-electron chi connectivity index (χ0n) is 7.63. The van der Waals surface area contributed by atoms with Gasteiger partial charge in [-0.25, -0.2) is 4.39 Å². The summed E-state index contributed by atoms with van der Waals surface area (Å²) >= 11 is 0. The Morgan fingerprint density at radius 1 is 1.31 bits per heavy atom. The van der Waals surface area contributed by atoms with Crippen LogP contribution in [0.5, 0.6) is 0 Å². The van der Waals surface area contributed by atoms with E-state index in [4.69, 9.17) is 0 Å². The van der Waals surface area contributed by atoms with Crippen molar-refractivity contribution in [3.05, 3.63) is 0 Å². The number of nitrogens with zero attached hydrogens (tertiary/aromatic N) is 1. The summed E-state index contributed by atoms with van der Waals surface area (Å²) in [6, 6.07) is 0. The molecule has 0 spiro atoms. The normalized spacial score (nSPS) is 25.8. The van der Waals surface area contributed by atoms with Gasteiger partial charge < -0.3 is 10.2 Å². The van der Waals surface area contributed by atoms with Gasteiger partial charge >= 0.3 is 0 Å². The molecule has 2 fully saturated rings. The second-order valence-corrected chi connectivity index (χ2v) is 3.86. The number of piperidine rings is 1. The van der Waals surface area contributed by atoms with E-state index in [0.717, 1.165) is 13.1 Å². The maximum absolute atomic E-state index is 12.8. The molecule has 0 aromatic carbocycles. The molecule has 0 aromatic rings. The summed E-state index contributed by atoms with van der Waals surface area (Å²) in [5, 5.41) is 3.07. The van der Waals surface area contributed by atoms with Gasteiger partial charge in [0.05, 0.1) is 5.92 Å². The second-order valence-electron chi connectivity index (χ2n) is 3.86. The van der Waals surface area contributed by atoms with Crippen molar-refractivity contribution in [2.45, 2.75) is 19.0 Å². The first-order valence-corrected chi connectivity index (χ1v) is 4.91. The molecule has 0 atom stereocenters. The van der Waals surface area contributed by atoms with Crippen LogP contribution in [0, 0.1) is 5.92 Å². The summed E-state index contributed by atoms with van der Waals surface area (Å²) in [5.41, 5.74) is 0. The Hall–Kier alpha value is -0.640. The van der Waals surface area contributed by atoms with Crippen LogP contribution in [0.1, 0.15) is 12.8 Å². The zero-order chi connectivity index (χ0) is 9.26. The first-order valence-electron chi connectivity index (χ1n) is 4.91. The number of alkyl halides is 1. The van der Waals surface area contributed by atoms with Crippen LogP contribution in [-0.2, 0) is 4.79 Å². The lowest BCUT2D eigenvalue weighted by atomic mass is 10.00. The highest BCUT2D eigenvalue weighted by atomic mass is 19.1. The lowest BCUT2D eigenvalue weighted by Gasteiger charge is -2.35. The second kappa shape index (κ2) is 3.62. The molecule has 2 aliphatic rings. The van der Waals surface area contributed by atoms with Crippen LogP contribution in [0.15, 0.2) is 0 Å². The van der Waals surface area contributed by atoms with Crippen LogP contribution in [0.4, 0.5) is 4.39 Å². The molecule has 3 nitrogen and oxygen atoms in total. The highest BCUT2D eigenvalue weighted by Crippen LogP contribution is 2.16. The van der Waals surface area contributed by atoms with Crippen LogP contribution in [0.3, 0.4) is 0 Å². The molecule has 4 heteroatoms. The molecular formula is C9H15FN2O. The van der Waals surface area contributed by atoms with E-state index in [0.29, 0.717) is 25.9 Å². The van der Waals surface area contributed by atoms with Crippen molar-refractivity contribution in [1.29, 1.82) is 0 Å². The van der Waals surface area contributed by atoms with Crippen LogP contribution in [0.25, 0.3) is 0 Å².